The van der Waals surface area contributed by atoms with Gasteiger partial charge in [0.1, 0.15) is 11.9 Å². The van der Waals surface area contributed by atoms with Crippen molar-refractivity contribution in [3.63, 3.8) is 0 Å². The topological polar surface area (TPSA) is 72.3 Å². The van der Waals surface area contributed by atoms with Crippen LogP contribution in [0.4, 0.5) is 5.82 Å². The van der Waals surface area contributed by atoms with Crippen LogP contribution in [0, 0.1) is 23.2 Å². The first-order valence-electron chi connectivity index (χ1n) is 9.25. The van der Waals surface area contributed by atoms with Crippen LogP contribution in [-0.4, -0.2) is 60.0 Å². The summed E-state index contributed by atoms with van der Waals surface area (Å²) in [4.78, 5) is 21.0. The van der Waals surface area contributed by atoms with Gasteiger partial charge in [-0.25, -0.2) is 4.98 Å². The Bertz CT molecular complexity index is 633. The van der Waals surface area contributed by atoms with Crippen LogP contribution in [0.15, 0.2) is 18.3 Å². The van der Waals surface area contributed by atoms with Gasteiger partial charge in [0.15, 0.2) is 0 Å². The lowest BCUT2D eigenvalue weighted by Gasteiger charge is -2.31. The Hall–Kier alpha value is -2.13. The maximum atomic E-state index is 12.5. The zero-order valence-electron chi connectivity index (χ0n) is 14.9. The monoisotopic (exact) mass is 341 g/mol. The number of hydrogen-bond acceptors (Lipinski definition) is 5. The minimum atomic E-state index is 0.275. The fourth-order valence-electron chi connectivity index (χ4n) is 3.65. The zero-order chi connectivity index (χ0) is 17.6. The molecule has 2 saturated heterocycles. The molecule has 3 rings (SSSR count). The largest absolute Gasteiger partial charge is 0.369 e. The van der Waals surface area contributed by atoms with E-state index >= 15 is 0 Å². The molecule has 0 bridgehead atoms. The van der Waals surface area contributed by atoms with E-state index in [1.165, 1.54) is 0 Å². The number of rotatable bonds is 5. The van der Waals surface area contributed by atoms with Gasteiger partial charge in [0.2, 0.25) is 5.91 Å². The Morgan fingerprint density at radius 3 is 2.92 bits per heavy atom. The fourth-order valence-corrected chi connectivity index (χ4v) is 3.65. The third-order valence-corrected chi connectivity index (χ3v) is 5.35. The number of piperidine rings is 1. The van der Waals surface area contributed by atoms with E-state index in [2.05, 4.69) is 28.2 Å². The smallest absolute Gasteiger partial charge is 0.236 e. The molecule has 0 spiro atoms. The van der Waals surface area contributed by atoms with E-state index in [-0.39, 0.29) is 5.91 Å². The van der Waals surface area contributed by atoms with Crippen molar-refractivity contribution in [2.75, 3.05) is 44.6 Å². The molecule has 0 aromatic carbocycles. The van der Waals surface area contributed by atoms with Gasteiger partial charge in [-0.3, -0.25) is 9.69 Å². The van der Waals surface area contributed by atoms with Gasteiger partial charge in [-0.15, -0.1) is 0 Å². The molecule has 134 valence electrons. The molecule has 6 heteroatoms. The Morgan fingerprint density at radius 1 is 1.36 bits per heavy atom. The van der Waals surface area contributed by atoms with Gasteiger partial charge in [0.25, 0.3) is 0 Å². The average molecular weight is 341 g/mol. The predicted octanol–water partition coefficient (Wildman–Crippen LogP) is 1.95. The molecule has 6 nitrogen and oxygen atoms in total. The van der Waals surface area contributed by atoms with Crippen LogP contribution < -0.4 is 5.32 Å². The molecule has 1 N–H and O–H groups in total. The van der Waals surface area contributed by atoms with Crippen LogP contribution in [-0.2, 0) is 4.79 Å². The number of likely N-dealkylation sites (tertiary alicyclic amines) is 2. The number of hydrogen-bond donors (Lipinski definition) is 1. The average Bonchev–Trinajstić information content (AvgIpc) is 3.08. The second-order valence-corrected chi connectivity index (χ2v) is 7.35. The quantitative estimate of drug-likeness (QED) is 0.886. The molecule has 1 aromatic rings. The summed E-state index contributed by atoms with van der Waals surface area (Å²) in [5, 5.41) is 12.4. The van der Waals surface area contributed by atoms with Crippen molar-refractivity contribution in [1.29, 1.82) is 5.26 Å². The first kappa shape index (κ1) is 17.7. The lowest BCUT2D eigenvalue weighted by atomic mass is 9.99. The molecule has 0 radical (unpaired) electrons. The highest BCUT2D eigenvalue weighted by atomic mass is 16.2. The van der Waals surface area contributed by atoms with Crippen LogP contribution in [0.5, 0.6) is 0 Å². The van der Waals surface area contributed by atoms with Crippen molar-refractivity contribution >= 4 is 11.7 Å². The van der Waals surface area contributed by atoms with Gasteiger partial charge in [-0.05, 0) is 49.8 Å². The number of amides is 1. The Kier molecular flexibility index (Phi) is 5.87. The summed E-state index contributed by atoms with van der Waals surface area (Å²) in [6.07, 6.45) is 5.03. The Labute approximate surface area is 149 Å². The minimum absolute atomic E-state index is 0.275. The molecule has 0 saturated carbocycles. The number of nitrogens with zero attached hydrogens (tertiary/aromatic N) is 4. The molecule has 2 aliphatic rings. The second-order valence-electron chi connectivity index (χ2n) is 7.35. The SMILES string of the molecule is CC1CCN(C(=O)CN2CCC(CNc3ncccc3C#N)C2)CC1. The fraction of sp³-hybridized carbons (Fsp3) is 0.632. The van der Waals surface area contributed by atoms with E-state index in [9.17, 15) is 4.79 Å². The standard InChI is InChI=1S/C19H27N5O/c1-15-4-9-24(10-5-15)18(25)14-23-8-6-16(13-23)12-22-19-17(11-20)3-2-7-21-19/h2-3,7,15-16H,4-6,8-10,12-14H2,1H3,(H,21,22). The number of carbonyl (C=O) groups is 1. The summed E-state index contributed by atoms with van der Waals surface area (Å²) in [5.74, 6) is 2.16. The molecular formula is C19H27N5O. The van der Waals surface area contributed by atoms with Gasteiger partial charge >= 0.3 is 0 Å². The molecule has 1 unspecified atom stereocenters. The molecule has 1 aromatic heterocycles. The van der Waals surface area contributed by atoms with Crippen molar-refractivity contribution in [3.8, 4) is 6.07 Å². The minimum Gasteiger partial charge on any atom is -0.369 e. The summed E-state index contributed by atoms with van der Waals surface area (Å²) < 4.78 is 0. The van der Waals surface area contributed by atoms with Gasteiger partial charge < -0.3 is 10.2 Å². The molecule has 2 fully saturated rings. The van der Waals surface area contributed by atoms with Gasteiger partial charge in [0, 0.05) is 32.4 Å². The van der Waals surface area contributed by atoms with E-state index in [1.807, 2.05) is 4.90 Å². The first-order chi connectivity index (χ1) is 12.2. The number of nitrogens with one attached hydrogen (secondary N) is 1. The highest BCUT2D eigenvalue weighted by Crippen LogP contribution is 2.20. The van der Waals surface area contributed by atoms with Gasteiger partial charge in [-0.1, -0.05) is 6.92 Å². The molecule has 2 aliphatic heterocycles. The molecule has 0 aliphatic carbocycles. The third kappa shape index (κ3) is 4.70. The van der Waals surface area contributed by atoms with E-state index in [0.717, 1.165) is 57.9 Å². The lowest BCUT2D eigenvalue weighted by molar-refractivity contribution is -0.133. The maximum absolute atomic E-state index is 12.5. The Morgan fingerprint density at radius 2 is 2.16 bits per heavy atom. The van der Waals surface area contributed by atoms with E-state index in [1.54, 1.807) is 18.3 Å². The van der Waals surface area contributed by atoms with Crippen LogP contribution in [0.25, 0.3) is 0 Å². The maximum Gasteiger partial charge on any atom is 0.236 e. The molecular weight excluding hydrogens is 314 g/mol. The van der Waals surface area contributed by atoms with Crippen molar-refractivity contribution in [3.05, 3.63) is 23.9 Å². The first-order valence-corrected chi connectivity index (χ1v) is 9.25. The molecule has 25 heavy (non-hydrogen) atoms. The number of aromatic nitrogens is 1. The zero-order valence-corrected chi connectivity index (χ0v) is 14.9. The number of pyridine rings is 1. The van der Waals surface area contributed by atoms with Gasteiger partial charge in [-0.2, -0.15) is 5.26 Å². The predicted molar refractivity (Wildman–Crippen MR) is 97.0 cm³/mol. The van der Waals surface area contributed by atoms with Crippen molar-refractivity contribution in [2.24, 2.45) is 11.8 Å². The molecule has 1 amide bonds. The second kappa shape index (κ2) is 8.30. The molecule has 1 atom stereocenters. The summed E-state index contributed by atoms with van der Waals surface area (Å²) in [5.41, 5.74) is 0.576. The lowest BCUT2D eigenvalue weighted by Crippen LogP contribution is -2.43. The van der Waals surface area contributed by atoms with Crippen molar-refractivity contribution < 1.29 is 4.79 Å². The van der Waals surface area contributed by atoms with E-state index in [0.29, 0.717) is 23.8 Å². The van der Waals surface area contributed by atoms with Crippen molar-refractivity contribution in [2.45, 2.75) is 26.2 Å². The summed E-state index contributed by atoms with van der Waals surface area (Å²) in [6.45, 7) is 7.31. The highest BCUT2D eigenvalue weighted by molar-refractivity contribution is 5.78. The van der Waals surface area contributed by atoms with Crippen molar-refractivity contribution in [1.82, 2.24) is 14.8 Å². The number of nitriles is 1. The summed E-state index contributed by atoms with van der Waals surface area (Å²) in [7, 11) is 0. The molecule has 3 heterocycles. The third-order valence-electron chi connectivity index (χ3n) is 5.35. The number of anilines is 1. The summed E-state index contributed by atoms with van der Waals surface area (Å²) >= 11 is 0. The van der Waals surface area contributed by atoms with Crippen LogP contribution >= 0.6 is 0 Å². The van der Waals surface area contributed by atoms with Crippen LogP contribution in [0.2, 0.25) is 0 Å². The van der Waals surface area contributed by atoms with Crippen LogP contribution in [0.1, 0.15) is 31.7 Å². The normalized spacial score (nSPS) is 21.9. The summed E-state index contributed by atoms with van der Waals surface area (Å²) in [6, 6.07) is 5.70. The van der Waals surface area contributed by atoms with E-state index < -0.39 is 0 Å². The highest BCUT2D eigenvalue weighted by Gasteiger charge is 2.27. The number of carbonyl (C=O) groups excluding carboxylic acids is 1. The van der Waals surface area contributed by atoms with Gasteiger partial charge in [0.05, 0.1) is 12.1 Å². The Balaban J connectivity index is 1.43. The van der Waals surface area contributed by atoms with E-state index in [4.69, 9.17) is 5.26 Å². The van der Waals surface area contributed by atoms with Crippen LogP contribution in [0.3, 0.4) is 0 Å².